The van der Waals surface area contributed by atoms with Gasteiger partial charge in [-0.2, -0.15) is 18.2 Å². The highest BCUT2D eigenvalue weighted by atomic mass is 19.4. The summed E-state index contributed by atoms with van der Waals surface area (Å²) in [6.45, 7) is 2.57. The number of carbonyl (C=O) groups excluding carboxylic acids is 2. The first-order valence-corrected chi connectivity index (χ1v) is 15.1. The number of aromatic nitrogens is 2. The average Bonchev–Trinajstić information content (AvgIpc) is 3.56. The van der Waals surface area contributed by atoms with Gasteiger partial charge in [0.1, 0.15) is 5.82 Å². The monoisotopic (exact) mass is 634 g/mol. The lowest BCUT2D eigenvalue weighted by Crippen LogP contribution is -2.50. The van der Waals surface area contributed by atoms with Crippen LogP contribution in [0.2, 0.25) is 0 Å². The van der Waals surface area contributed by atoms with Crippen molar-refractivity contribution in [3.05, 3.63) is 102 Å². The van der Waals surface area contributed by atoms with Crippen molar-refractivity contribution < 1.29 is 32.3 Å². The fraction of sp³-hybridized carbons (Fsp3) is 0.333. The molecular weight excluding hydrogens is 601 g/mol. The second-order valence-electron chi connectivity index (χ2n) is 11.3. The lowest BCUT2D eigenvalue weighted by atomic mass is 9.90. The molecule has 10 nitrogen and oxygen atoms in total. The number of aliphatic hydroxyl groups excluding tert-OH is 1. The number of alkyl halides is 3. The molecule has 13 heteroatoms. The molecule has 2 fully saturated rings. The number of benzene rings is 2. The maximum Gasteiger partial charge on any atom is 0.437 e. The molecule has 2 aromatic carbocycles. The van der Waals surface area contributed by atoms with Crippen molar-refractivity contribution in [2.75, 3.05) is 54.4 Å². The van der Waals surface area contributed by atoms with Gasteiger partial charge >= 0.3 is 6.18 Å². The minimum absolute atomic E-state index is 0.184. The van der Waals surface area contributed by atoms with Gasteiger partial charge in [-0.3, -0.25) is 9.59 Å². The number of anilines is 3. The number of hydrogen-bond donors (Lipinski definition) is 2. The van der Waals surface area contributed by atoms with Crippen LogP contribution < -0.4 is 15.1 Å². The fourth-order valence-electron chi connectivity index (χ4n) is 5.86. The average molecular weight is 635 g/mol. The lowest BCUT2D eigenvalue weighted by molar-refractivity contribution is -0.142. The first kappa shape index (κ1) is 31.1. The predicted octanol–water partition coefficient (Wildman–Crippen LogP) is 5.11. The van der Waals surface area contributed by atoms with Crippen LogP contribution in [0.1, 0.15) is 52.2 Å². The van der Waals surface area contributed by atoms with Crippen LogP contribution in [0.3, 0.4) is 0 Å². The summed E-state index contributed by atoms with van der Waals surface area (Å²) in [6, 6.07) is 21.6. The molecular formula is C33H33F3N6O4. The van der Waals surface area contributed by atoms with Crippen LogP contribution in [0.15, 0.2) is 83.4 Å². The second-order valence-corrected chi connectivity index (χ2v) is 11.3. The normalized spacial score (nSPS) is 16.7. The van der Waals surface area contributed by atoms with E-state index in [-0.39, 0.29) is 23.5 Å². The summed E-state index contributed by atoms with van der Waals surface area (Å²) in [4.78, 5) is 39.0. The minimum Gasteiger partial charge on any atom is -0.417 e. The van der Waals surface area contributed by atoms with Crippen LogP contribution in [0.4, 0.5) is 30.7 Å². The summed E-state index contributed by atoms with van der Waals surface area (Å²) >= 11 is 0. The number of nitrogens with zero attached hydrogens (tertiary/aromatic N) is 5. The molecule has 2 saturated heterocycles. The van der Waals surface area contributed by atoms with Crippen molar-refractivity contribution >= 4 is 29.3 Å². The lowest BCUT2D eigenvalue weighted by Gasteiger charge is -2.36. The van der Waals surface area contributed by atoms with E-state index in [4.69, 9.17) is 4.42 Å². The molecule has 0 spiro atoms. The summed E-state index contributed by atoms with van der Waals surface area (Å²) in [5.41, 5.74) is 0.519. The molecule has 2 aliphatic rings. The van der Waals surface area contributed by atoms with Gasteiger partial charge in [-0.05, 0) is 42.0 Å². The summed E-state index contributed by atoms with van der Waals surface area (Å²) in [7, 11) is 0. The van der Waals surface area contributed by atoms with Crippen molar-refractivity contribution in [1.82, 2.24) is 14.9 Å². The molecule has 46 heavy (non-hydrogen) atoms. The van der Waals surface area contributed by atoms with Gasteiger partial charge in [-0.15, -0.1) is 0 Å². The van der Waals surface area contributed by atoms with E-state index in [1.165, 1.54) is 17.8 Å². The molecule has 2 N–H and O–H groups in total. The Morgan fingerprint density at radius 1 is 0.870 bits per heavy atom. The molecule has 0 radical (unpaired) electrons. The molecule has 6 rings (SSSR count). The molecule has 0 saturated carbocycles. The van der Waals surface area contributed by atoms with Gasteiger partial charge in [0.15, 0.2) is 11.8 Å². The van der Waals surface area contributed by atoms with Crippen LogP contribution in [-0.2, 0) is 11.0 Å². The number of oxazole rings is 1. The third-order valence-electron chi connectivity index (χ3n) is 8.40. The van der Waals surface area contributed by atoms with E-state index >= 15 is 0 Å². The zero-order chi connectivity index (χ0) is 32.3. The largest absolute Gasteiger partial charge is 0.437 e. The first-order valence-electron chi connectivity index (χ1n) is 15.1. The maximum absolute atomic E-state index is 13.9. The Bertz CT molecular complexity index is 1630. The number of piperidine rings is 1. The first-order chi connectivity index (χ1) is 22.2. The van der Waals surface area contributed by atoms with Crippen molar-refractivity contribution in [3.8, 4) is 0 Å². The third kappa shape index (κ3) is 6.84. The topological polar surface area (TPSA) is 115 Å². The van der Waals surface area contributed by atoms with Crippen molar-refractivity contribution in [2.45, 2.75) is 31.0 Å². The molecule has 4 heterocycles. The Morgan fingerprint density at radius 3 is 2.13 bits per heavy atom. The van der Waals surface area contributed by atoms with E-state index in [1.807, 2.05) is 41.3 Å². The van der Waals surface area contributed by atoms with E-state index in [9.17, 15) is 27.9 Å². The molecule has 240 valence electrons. The van der Waals surface area contributed by atoms with Crippen LogP contribution in [-0.4, -0.2) is 71.1 Å². The molecule has 2 amide bonds. The molecule has 0 aliphatic carbocycles. The van der Waals surface area contributed by atoms with E-state index in [2.05, 4.69) is 15.3 Å². The zero-order valence-corrected chi connectivity index (χ0v) is 24.9. The molecule has 2 aliphatic heterocycles. The van der Waals surface area contributed by atoms with Gasteiger partial charge in [0.25, 0.3) is 17.8 Å². The van der Waals surface area contributed by atoms with E-state index in [0.717, 1.165) is 0 Å². The quantitative estimate of drug-likeness (QED) is 0.289. The number of rotatable bonds is 7. The van der Waals surface area contributed by atoms with Gasteiger partial charge in [0.2, 0.25) is 5.76 Å². The van der Waals surface area contributed by atoms with Gasteiger partial charge < -0.3 is 29.5 Å². The predicted molar refractivity (Wildman–Crippen MR) is 165 cm³/mol. The van der Waals surface area contributed by atoms with Gasteiger partial charge in [-0.25, -0.2) is 4.98 Å². The Morgan fingerprint density at radius 2 is 1.52 bits per heavy atom. The minimum atomic E-state index is -4.89. The zero-order valence-electron chi connectivity index (χ0n) is 24.9. The van der Waals surface area contributed by atoms with E-state index < -0.39 is 29.6 Å². The molecule has 0 bridgehead atoms. The number of nitrogens with one attached hydrogen (secondary N) is 1. The fourth-order valence-corrected chi connectivity index (χ4v) is 5.86. The highest BCUT2D eigenvalue weighted by Gasteiger charge is 2.42. The third-order valence-corrected chi connectivity index (χ3v) is 8.40. The maximum atomic E-state index is 13.9. The van der Waals surface area contributed by atoms with Crippen LogP contribution >= 0.6 is 0 Å². The smallest absolute Gasteiger partial charge is 0.417 e. The molecule has 2 aromatic heterocycles. The molecule has 1 atom stereocenters. The Balaban J connectivity index is 1.06. The number of pyridine rings is 1. The number of piperazine rings is 1. The molecule has 4 aromatic rings. The van der Waals surface area contributed by atoms with Crippen molar-refractivity contribution in [2.24, 2.45) is 0 Å². The Kier molecular flexibility index (Phi) is 8.93. The van der Waals surface area contributed by atoms with Crippen LogP contribution in [0, 0.1) is 0 Å². The summed E-state index contributed by atoms with van der Waals surface area (Å²) in [5, 5.41) is 12.9. The summed E-state index contributed by atoms with van der Waals surface area (Å²) in [6.07, 6.45) is -3.34. The van der Waals surface area contributed by atoms with Gasteiger partial charge in [0.05, 0.1) is 11.9 Å². The highest BCUT2D eigenvalue weighted by Crippen LogP contribution is 2.36. The highest BCUT2D eigenvalue weighted by molar-refractivity contribution is 6.03. The second kappa shape index (κ2) is 13.2. The van der Waals surface area contributed by atoms with Crippen LogP contribution in [0.5, 0.6) is 0 Å². The van der Waals surface area contributed by atoms with Crippen molar-refractivity contribution in [3.63, 3.8) is 0 Å². The van der Waals surface area contributed by atoms with Gasteiger partial charge in [0, 0.05) is 39.3 Å². The summed E-state index contributed by atoms with van der Waals surface area (Å²) < 4.78 is 47.2. The standard InChI is InChI=1S/C33H33F3N6O4/c34-33(35,36)29-28(46-32(39-29)42-15-13-23(14-16-42)22-7-3-1-4-8-22)30(44)38-25-11-12-26(37-21-25)40-17-19-41(20-18-40)31(45)27(43)24-9-5-2-6-10-24/h1-12,21,23,27,43H,13-20H2,(H,38,44)/t27-/m1/s1. The number of hydrogen-bond acceptors (Lipinski definition) is 8. The number of amides is 2. The Hall–Kier alpha value is -4.91. The number of carbonyl (C=O) groups is 2. The Labute approximate surface area is 263 Å². The summed E-state index contributed by atoms with van der Waals surface area (Å²) in [5.74, 6) is -1.50. The number of aliphatic hydroxyl groups is 1. The molecule has 0 unspecified atom stereocenters. The number of halogens is 3. The van der Waals surface area contributed by atoms with E-state index in [1.54, 1.807) is 40.1 Å². The van der Waals surface area contributed by atoms with Crippen molar-refractivity contribution in [1.29, 1.82) is 0 Å². The SMILES string of the molecule is O=C(Nc1ccc(N2CCN(C(=O)[C@H](O)c3ccccc3)CC2)nc1)c1oc(N2CCC(c3ccccc3)CC2)nc1C(F)(F)F. The van der Waals surface area contributed by atoms with Gasteiger partial charge in [-0.1, -0.05) is 60.7 Å². The van der Waals surface area contributed by atoms with Crippen LogP contribution in [0.25, 0.3) is 0 Å². The van der Waals surface area contributed by atoms with E-state index in [0.29, 0.717) is 63.5 Å².